The van der Waals surface area contributed by atoms with Gasteiger partial charge in [-0.1, -0.05) is 6.07 Å². The van der Waals surface area contributed by atoms with Crippen molar-refractivity contribution in [3.05, 3.63) is 63.4 Å². The Morgan fingerprint density at radius 2 is 1.85 bits per heavy atom. The van der Waals surface area contributed by atoms with Crippen molar-refractivity contribution in [3.8, 4) is 0 Å². The number of amides is 1. The minimum atomic E-state index is -0.464. The minimum absolute atomic E-state index is 0.00379. The van der Waals surface area contributed by atoms with E-state index in [1.165, 1.54) is 18.3 Å². The van der Waals surface area contributed by atoms with Crippen LogP contribution in [0.25, 0.3) is 11.0 Å². The summed E-state index contributed by atoms with van der Waals surface area (Å²) in [5, 5.41) is 7.38. The van der Waals surface area contributed by atoms with Gasteiger partial charge < -0.3 is 4.74 Å². The predicted octanol–water partition coefficient (Wildman–Crippen LogP) is 4.70. The Hall–Kier alpha value is -3.59. The summed E-state index contributed by atoms with van der Waals surface area (Å²) in [7, 11) is 1.80. The zero-order chi connectivity index (χ0) is 23.9. The molecule has 3 heterocycles. The number of hydrogen-bond acceptors (Lipinski definition) is 7. The van der Waals surface area contributed by atoms with Crippen LogP contribution in [0.1, 0.15) is 45.5 Å². The Kier molecular flexibility index (Phi) is 5.99. The number of rotatable bonds is 5. The number of nitrogens with zero attached hydrogens (tertiary/aromatic N) is 5. The van der Waals surface area contributed by atoms with Crippen molar-refractivity contribution >= 4 is 45.1 Å². The number of fused-ring (bicyclic) bond motifs is 1. The van der Waals surface area contributed by atoms with E-state index in [-0.39, 0.29) is 12.5 Å². The van der Waals surface area contributed by atoms with E-state index < -0.39 is 5.97 Å². The quantitative estimate of drug-likeness (QED) is 0.399. The fourth-order valence-corrected chi connectivity index (χ4v) is 4.58. The smallest absolute Gasteiger partial charge is 0.339 e. The highest BCUT2D eigenvalue weighted by Gasteiger charge is 2.21. The molecule has 1 aromatic carbocycles. The summed E-state index contributed by atoms with van der Waals surface area (Å²) >= 11 is 1.33. The molecule has 0 saturated carbocycles. The van der Waals surface area contributed by atoms with E-state index in [0.717, 1.165) is 16.8 Å². The largest absolute Gasteiger partial charge is 0.456 e. The molecule has 0 spiro atoms. The highest BCUT2D eigenvalue weighted by atomic mass is 32.1. The third-order valence-electron chi connectivity index (χ3n) is 5.46. The maximum Gasteiger partial charge on any atom is 0.339 e. The average molecular weight is 464 g/mol. The number of ether oxygens (including phenoxy) is 1. The molecule has 0 fully saturated rings. The number of aromatic nitrogens is 4. The molecule has 0 aliphatic heterocycles. The zero-order valence-corrected chi connectivity index (χ0v) is 20.3. The summed E-state index contributed by atoms with van der Waals surface area (Å²) in [6.45, 7) is 9.20. The van der Waals surface area contributed by atoms with Gasteiger partial charge in [0.15, 0.2) is 10.8 Å². The third kappa shape index (κ3) is 4.36. The van der Waals surface area contributed by atoms with Gasteiger partial charge >= 0.3 is 5.97 Å². The van der Waals surface area contributed by atoms with E-state index in [1.54, 1.807) is 28.1 Å². The normalized spacial score (nSPS) is 11.1. The van der Waals surface area contributed by atoms with Crippen molar-refractivity contribution in [2.45, 2.75) is 41.2 Å². The lowest BCUT2D eigenvalue weighted by Crippen LogP contribution is -2.22. The number of carbonyl (C=O) groups is 2. The van der Waals surface area contributed by atoms with Crippen molar-refractivity contribution in [3.63, 3.8) is 0 Å². The molecule has 3 aromatic heterocycles. The highest BCUT2D eigenvalue weighted by Crippen LogP contribution is 2.30. The van der Waals surface area contributed by atoms with Crippen molar-refractivity contribution in [1.29, 1.82) is 0 Å². The van der Waals surface area contributed by atoms with Crippen LogP contribution in [0.15, 0.2) is 29.6 Å². The second-order valence-electron chi connectivity index (χ2n) is 8.04. The number of carbonyl (C=O) groups excluding carboxylic acids is 2. The van der Waals surface area contributed by atoms with E-state index in [1.807, 2.05) is 45.9 Å². The molecule has 0 aliphatic carbocycles. The first-order valence-corrected chi connectivity index (χ1v) is 11.3. The van der Waals surface area contributed by atoms with Gasteiger partial charge in [0.05, 0.1) is 28.0 Å². The molecule has 0 saturated heterocycles. The molecular weight excluding hydrogens is 438 g/mol. The second-order valence-corrected chi connectivity index (χ2v) is 8.88. The second kappa shape index (κ2) is 8.74. The van der Waals surface area contributed by atoms with Gasteiger partial charge in [-0.3, -0.25) is 14.4 Å². The van der Waals surface area contributed by atoms with Crippen molar-refractivity contribution in [2.75, 3.05) is 4.90 Å². The van der Waals surface area contributed by atoms with Gasteiger partial charge in [0.25, 0.3) is 0 Å². The van der Waals surface area contributed by atoms with Crippen LogP contribution in [-0.4, -0.2) is 31.6 Å². The number of esters is 1. The van der Waals surface area contributed by atoms with Crippen LogP contribution in [0.2, 0.25) is 0 Å². The van der Waals surface area contributed by atoms with Crippen LogP contribution < -0.4 is 4.90 Å². The monoisotopic (exact) mass is 463 g/mol. The SMILES string of the molecule is CC(=O)N(c1ccc(C)c(C)c1)c1nc(COC(=O)c2cc(C)nc3c2c(C)nn3C)cs1. The molecule has 0 radical (unpaired) electrons. The Morgan fingerprint density at radius 1 is 1.09 bits per heavy atom. The van der Waals surface area contributed by atoms with Gasteiger partial charge in [-0.15, -0.1) is 11.3 Å². The molecule has 0 atom stereocenters. The molecule has 170 valence electrons. The first-order valence-electron chi connectivity index (χ1n) is 10.5. The third-order valence-corrected chi connectivity index (χ3v) is 6.34. The average Bonchev–Trinajstić information content (AvgIpc) is 3.32. The molecule has 1 amide bonds. The number of thiazole rings is 1. The molecule has 0 bridgehead atoms. The molecular formula is C24H25N5O3S. The van der Waals surface area contributed by atoms with Crippen LogP contribution in [0.3, 0.4) is 0 Å². The van der Waals surface area contributed by atoms with Crippen LogP contribution in [0.4, 0.5) is 10.8 Å². The topological polar surface area (TPSA) is 90.2 Å². The number of pyridine rings is 1. The Morgan fingerprint density at radius 3 is 2.55 bits per heavy atom. The number of hydrogen-bond donors (Lipinski definition) is 0. The molecule has 8 nitrogen and oxygen atoms in total. The first kappa shape index (κ1) is 22.6. The van der Waals surface area contributed by atoms with Gasteiger partial charge in [-0.25, -0.2) is 14.8 Å². The molecule has 4 aromatic rings. The summed E-state index contributed by atoms with van der Waals surface area (Å²) in [5.41, 5.74) is 6.06. The van der Waals surface area contributed by atoms with Crippen molar-refractivity contribution in [2.24, 2.45) is 7.05 Å². The van der Waals surface area contributed by atoms with Crippen LogP contribution in [0, 0.1) is 27.7 Å². The van der Waals surface area contributed by atoms with Crippen molar-refractivity contribution < 1.29 is 14.3 Å². The fourth-order valence-electron chi connectivity index (χ4n) is 3.71. The molecule has 33 heavy (non-hydrogen) atoms. The molecule has 0 unspecified atom stereocenters. The van der Waals surface area contributed by atoms with E-state index in [2.05, 4.69) is 15.1 Å². The fraction of sp³-hybridized carbons (Fsp3) is 0.292. The van der Waals surface area contributed by atoms with Crippen LogP contribution in [0.5, 0.6) is 0 Å². The van der Waals surface area contributed by atoms with Crippen molar-refractivity contribution in [1.82, 2.24) is 19.7 Å². The summed E-state index contributed by atoms with van der Waals surface area (Å²) < 4.78 is 7.23. The standard InChI is InChI=1S/C24H25N5O3S/c1-13-7-8-19(9-14(13)2)29(17(5)30)24-26-18(12-33-24)11-32-23(31)20-10-15(3)25-22-21(20)16(4)27-28(22)6/h7-10,12H,11H2,1-6H3. The van der Waals surface area contributed by atoms with Gasteiger partial charge in [0, 0.05) is 25.0 Å². The lowest BCUT2D eigenvalue weighted by molar-refractivity contribution is -0.115. The summed E-state index contributed by atoms with van der Waals surface area (Å²) in [6.07, 6.45) is 0. The Labute approximate surface area is 195 Å². The highest BCUT2D eigenvalue weighted by molar-refractivity contribution is 7.14. The Balaban J connectivity index is 1.56. The van der Waals surface area contributed by atoms with Gasteiger partial charge in [-0.05, 0) is 57.0 Å². The molecule has 0 aliphatic rings. The maximum absolute atomic E-state index is 12.9. The Bertz CT molecular complexity index is 1390. The molecule has 9 heteroatoms. The number of anilines is 2. The first-order chi connectivity index (χ1) is 15.7. The van der Waals surface area contributed by atoms with Crippen LogP contribution in [-0.2, 0) is 23.2 Å². The van der Waals surface area contributed by atoms with E-state index >= 15 is 0 Å². The van der Waals surface area contributed by atoms with E-state index in [9.17, 15) is 9.59 Å². The van der Waals surface area contributed by atoms with Gasteiger partial charge in [-0.2, -0.15) is 5.10 Å². The van der Waals surface area contributed by atoms with Crippen LogP contribution >= 0.6 is 11.3 Å². The molecule has 4 rings (SSSR count). The number of benzene rings is 1. The lowest BCUT2D eigenvalue weighted by atomic mass is 10.1. The zero-order valence-electron chi connectivity index (χ0n) is 19.5. The summed E-state index contributed by atoms with van der Waals surface area (Å²) in [6, 6.07) is 7.56. The maximum atomic E-state index is 12.9. The number of aryl methyl sites for hydroxylation is 5. The van der Waals surface area contributed by atoms with Gasteiger partial charge in [0.2, 0.25) is 5.91 Å². The van der Waals surface area contributed by atoms with E-state index in [0.29, 0.717) is 38.8 Å². The predicted molar refractivity (Wildman–Crippen MR) is 128 cm³/mol. The van der Waals surface area contributed by atoms with E-state index in [4.69, 9.17) is 4.74 Å². The summed E-state index contributed by atoms with van der Waals surface area (Å²) in [5.74, 6) is -0.605. The molecule has 0 N–H and O–H groups in total. The van der Waals surface area contributed by atoms with Gasteiger partial charge in [0.1, 0.15) is 6.61 Å². The lowest BCUT2D eigenvalue weighted by Gasteiger charge is -2.19. The summed E-state index contributed by atoms with van der Waals surface area (Å²) in [4.78, 5) is 35.9. The minimum Gasteiger partial charge on any atom is -0.456 e.